The summed E-state index contributed by atoms with van der Waals surface area (Å²) in [6.07, 6.45) is 8.37. The molecule has 2 heteroatoms. The predicted octanol–water partition coefficient (Wildman–Crippen LogP) is 2.17. The van der Waals surface area contributed by atoms with Gasteiger partial charge in [0.25, 0.3) is 0 Å². The number of hydrogen-bond donors (Lipinski definition) is 0. The van der Waals surface area contributed by atoms with Gasteiger partial charge in [-0.25, -0.2) is 0 Å². The fourth-order valence-corrected chi connectivity index (χ4v) is 2.45. The van der Waals surface area contributed by atoms with Gasteiger partial charge in [0.2, 0.25) is 0 Å². The van der Waals surface area contributed by atoms with Crippen LogP contribution in [0.3, 0.4) is 0 Å². The monoisotopic (exact) mass is 182 g/mol. The number of ether oxygens (including phenoxy) is 1. The van der Waals surface area contributed by atoms with Crippen LogP contribution in [0.2, 0.25) is 0 Å². The molecule has 1 heterocycles. The topological polar surface area (TPSA) is 26.3 Å². The SMILES string of the molecule is O=CC1(CC2CCC2)CCCOC1. The molecule has 1 saturated heterocycles. The van der Waals surface area contributed by atoms with Gasteiger partial charge in [0, 0.05) is 12.0 Å². The molecular formula is C11H18O2. The average Bonchev–Trinajstić information content (AvgIpc) is 2.13. The van der Waals surface area contributed by atoms with Crippen LogP contribution >= 0.6 is 0 Å². The minimum atomic E-state index is -0.108. The molecular weight excluding hydrogens is 164 g/mol. The molecule has 0 radical (unpaired) electrons. The van der Waals surface area contributed by atoms with Gasteiger partial charge >= 0.3 is 0 Å². The fraction of sp³-hybridized carbons (Fsp3) is 0.909. The first kappa shape index (κ1) is 9.20. The van der Waals surface area contributed by atoms with E-state index in [9.17, 15) is 4.79 Å². The van der Waals surface area contributed by atoms with Gasteiger partial charge in [-0.1, -0.05) is 19.3 Å². The van der Waals surface area contributed by atoms with E-state index >= 15 is 0 Å². The minimum Gasteiger partial charge on any atom is -0.380 e. The molecule has 1 atom stereocenters. The maximum absolute atomic E-state index is 11.1. The van der Waals surface area contributed by atoms with Gasteiger partial charge in [0.1, 0.15) is 6.29 Å². The molecule has 0 aromatic heterocycles. The Morgan fingerprint density at radius 2 is 2.23 bits per heavy atom. The van der Waals surface area contributed by atoms with Crippen LogP contribution in [0.4, 0.5) is 0 Å². The first-order valence-corrected chi connectivity index (χ1v) is 5.39. The Hall–Kier alpha value is -0.370. The Balaban J connectivity index is 1.91. The first-order chi connectivity index (χ1) is 6.35. The molecule has 1 aliphatic carbocycles. The van der Waals surface area contributed by atoms with E-state index in [1.807, 2.05) is 0 Å². The van der Waals surface area contributed by atoms with Crippen molar-refractivity contribution in [1.82, 2.24) is 0 Å². The largest absolute Gasteiger partial charge is 0.380 e. The highest BCUT2D eigenvalue weighted by atomic mass is 16.5. The molecule has 1 saturated carbocycles. The van der Waals surface area contributed by atoms with Crippen LogP contribution in [0.15, 0.2) is 0 Å². The van der Waals surface area contributed by atoms with E-state index in [0.717, 1.165) is 38.1 Å². The molecule has 74 valence electrons. The van der Waals surface area contributed by atoms with Crippen molar-refractivity contribution in [2.24, 2.45) is 11.3 Å². The van der Waals surface area contributed by atoms with Crippen molar-refractivity contribution in [3.8, 4) is 0 Å². The van der Waals surface area contributed by atoms with E-state index in [2.05, 4.69) is 0 Å². The van der Waals surface area contributed by atoms with Crippen molar-refractivity contribution in [2.45, 2.75) is 38.5 Å². The Kier molecular flexibility index (Phi) is 2.68. The van der Waals surface area contributed by atoms with E-state index in [1.165, 1.54) is 19.3 Å². The van der Waals surface area contributed by atoms with Crippen molar-refractivity contribution in [3.05, 3.63) is 0 Å². The van der Waals surface area contributed by atoms with Crippen LogP contribution in [0, 0.1) is 11.3 Å². The summed E-state index contributed by atoms with van der Waals surface area (Å²) in [5.74, 6) is 0.812. The third kappa shape index (κ3) is 1.93. The number of rotatable bonds is 3. The first-order valence-electron chi connectivity index (χ1n) is 5.39. The van der Waals surface area contributed by atoms with Gasteiger partial charge < -0.3 is 9.53 Å². The summed E-state index contributed by atoms with van der Waals surface area (Å²) in [7, 11) is 0. The molecule has 2 fully saturated rings. The predicted molar refractivity (Wildman–Crippen MR) is 50.5 cm³/mol. The highest BCUT2D eigenvalue weighted by molar-refractivity contribution is 5.59. The van der Waals surface area contributed by atoms with Crippen LogP contribution in [-0.2, 0) is 9.53 Å². The molecule has 2 rings (SSSR count). The summed E-state index contributed by atoms with van der Waals surface area (Å²) in [6, 6.07) is 0. The molecule has 1 unspecified atom stereocenters. The van der Waals surface area contributed by atoms with Crippen molar-refractivity contribution in [3.63, 3.8) is 0 Å². The van der Waals surface area contributed by atoms with Crippen molar-refractivity contribution in [1.29, 1.82) is 0 Å². The number of aldehydes is 1. The Bertz CT molecular complexity index is 179. The van der Waals surface area contributed by atoms with Gasteiger partial charge in [-0.05, 0) is 25.2 Å². The second kappa shape index (κ2) is 3.79. The minimum absolute atomic E-state index is 0.108. The molecule has 0 aromatic carbocycles. The summed E-state index contributed by atoms with van der Waals surface area (Å²) >= 11 is 0. The lowest BCUT2D eigenvalue weighted by atomic mass is 9.70. The molecule has 13 heavy (non-hydrogen) atoms. The van der Waals surface area contributed by atoms with Crippen LogP contribution in [0.5, 0.6) is 0 Å². The second-order valence-corrected chi connectivity index (χ2v) is 4.64. The van der Waals surface area contributed by atoms with Crippen LogP contribution in [0.25, 0.3) is 0 Å². The molecule has 0 amide bonds. The zero-order valence-corrected chi connectivity index (χ0v) is 8.13. The average molecular weight is 182 g/mol. The van der Waals surface area contributed by atoms with Crippen molar-refractivity contribution in [2.75, 3.05) is 13.2 Å². The Morgan fingerprint density at radius 3 is 2.69 bits per heavy atom. The number of hydrogen-bond acceptors (Lipinski definition) is 2. The van der Waals surface area contributed by atoms with Gasteiger partial charge in [-0.15, -0.1) is 0 Å². The molecule has 0 spiro atoms. The summed E-state index contributed by atoms with van der Waals surface area (Å²) in [5, 5.41) is 0. The van der Waals surface area contributed by atoms with Gasteiger partial charge in [0.05, 0.1) is 6.61 Å². The maximum atomic E-state index is 11.1. The van der Waals surface area contributed by atoms with Gasteiger partial charge in [-0.2, -0.15) is 0 Å². The lowest BCUT2D eigenvalue weighted by molar-refractivity contribution is -0.126. The summed E-state index contributed by atoms with van der Waals surface area (Å²) in [5.41, 5.74) is -0.108. The summed E-state index contributed by atoms with van der Waals surface area (Å²) in [4.78, 5) is 11.1. The highest BCUT2D eigenvalue weighted by Gasteiger charge is 2.36. The fourth-order valence-electron chi connectivity index (χ4n) is 2.45. The lowest BCUT2D eigenvalue weighted by Gasteiger charge is -2.38. The van der Waals surface area contributed by atoms with E-state index in [0.29, 0.717) is 6.61 Å². The lowest BCUT2D eigenvalue weighted by Crippen LogP contribution is -2.36. The van der Waals surface area contributed by atoms with Crippen LogP contribution in [-0.4, -0.2) is 19.5 Å². The highest BCUT2D eigenvalue weighted by Crippen LogP contribution is 2.40. The molecule has 0 N–H and O–H groups in total. The normalized spacial score (nSPS) is 35.4. The Morgan fingerprint density at radius 1 is 1.38 bits per heavy atom. The third-order valence-electron chi connectivity index (χ3n) is 3.52. The third-order valence-corrected chi connectivity index (χ3v) is 3.52. The van der Waals surface area contributed by atoms with Crippen molar-refractivity contribution >= 4 is 6.29 Å². The van der Waals surface area contributed by atoms with E-state index in [1.54, 1.807) is 0 Å². The van der Waals surface area contributed by atoms with Crippen LogP contribution in [0.1, 0.15) is 38.5 Å². The van der Waals surface area contributed by atoms with E-state index in [-0.39, 0.29) is 5.41 Å². The number of carbonyl (C=O) groups is 1. The molecule has 2 aliphatic rings. The van der Waals surface area contributed by atoms with E-state index in [4.69, 9.17) is 4.74 Å². The molecule has 0 bridgehead atoms. The summed E-state index contributed by atoms with van der Waals surface area (Å²) < 4.78 is 5.41. The Labute approximate surface area is 79.7 Å². The molecule has 0 aromatic rings. The molecule has 1 aliphatic heterocycles. The van der Waals surface area contributed by atoms with Gasteiger partial charge in [-0.3, -0.25) is 0 Å². The zero-order chi connectivity index (χ0) is 9.15. The quantitative estimate of drug-likeness (QED) is 0.625. The second-order valence-electron chi connectivity index (χ2n) is 4.64. The number of carbonyl (C=O) groups excluding carboxylic acids is 1. The van der Waals surface area contributed by atoms with Gasteiger partial charge in [0.15, 0.2) is 0 Å². The summed E-state index contributed by atoms with van der Waals surface area (Å²) in [6.45, 7) is 1.52. The zero-order valence-electron chi connectivity index (χ0n) is 8.13. The molecule has 2 nitrogen and oxygen atoms in total. The smallest absolute Gasteiger partial charge is 0.128 e. The van der Waals surface area contributed by atoms with Crippen molar-refractivity contribution < 1.29 is 9.53 Å². The van der Waals surface area contributed by atoms with E-state index < -0.39 is 0 Å². The van der Waals surface area contributed by atoms with Crippen LogP contribution < -0.4 is 0 Å². The maximum Gasteiger partial charge on any atom is 0.128 e. The standard InChI is InChI=1S/C11H18O2/c12-8-11(5-2-6-13-9-11)7-10-3-1-4-10/h8,10H,1-7,9H2.